The number of carbonyl (C=O) groups is 1. The van der Waals surface area contributed by atoms with E-state index in [1.807, 2.05) is 30.5 Å². The van der Waals surface area contributed by atoms with Crippen LogP contribution in [0, 0.1) is 6.92 Å². The van der Waals surface area contributed by atoms with Crippen molar-refractivity contribution in [2.75, 3.05) is 5.32 Å². The largest absolute Gasteiger partial charge is 0.487 e. The summed E-state index contributed by atoms with van der Waals surface area (Å²) in [7, 11) is 0. The van der Waals surface area contributed by atoms with Crippen molar-refractivity contribution in [2.45, 2.75) is 20.1 Å². The predicted molar refractivity (Wildman–Crippen MR) is 130 cm³/mol. The monoisotopic (exact) mass is 509 g/mol. The van der Waals surface area contributed by atoms with Crippen LogP contribution in [0.4, 0.5) is 5.69 Å². The van der Waals surface area contributed by atoms with Crippen molar-refractivity contribution in [1.29, 1.82) is 0 Å². The fourth-order valence-electron chi connectivity index (χ4n) is 3.10. The third-order valence-corrected chi connectivity index (χ3v) is 5.65. The molecule has 0 atom stereocenters. The molecule has 162 valence electrons. The number of anilines is 1. The van der Waals surface area contributed by atoms with E-state index in [1.165, 1.54) is 5.56 Å². The zero-order chi connectivity index (χ0) is 22.5. The standard InChI is InChI=1S/C25H21BrClN3O2/c1-17-2-4-18(5-3-17)14-30-15-22(13-28-30)29-25(31)20-8-6-19(7-9-20)16-32-24-11-10-21(26)12-23(24)27/h2-13,15H,14,16H2,1H3,(H,29,31). The Balaban J connectivity index is 1.32. The SMILES string of the molecule is Cc1ccc(Cn2cc(NC(=O)c3ccc(COc4ccc(Br)cc4Cl)cc3)cn2)cc1. The molecule has 4 rings (SSSR count). The molecule has 0 aliphatic heterocycles. The van der Waals surface area contributed by atoms with Crippen molar-refractivity contribution in [2.24, 2.45) is 0 Å². The molecular formula is C25H21BrClN3O2. The minimum Gasteiger partial charge on any atom is -0.487 e. The Bertz CT molecular complexity index is 1220. The number of rotatable bonds is 7. The van der Waals surface area contributed by atoms with Gasteiger partial charge in [-0.3, -0.25) is 9.48 Å². The molecule has 0 saturated carbocycles. The van der Waals surface area contributed by atoms with Gasteiger partial charge in [-0.15, -0.1) is 0 Å². The maximum Gasteiger partial charge on any atom is 0.255 e. The molecule has 1 aromatic heterocycles. The zero-order valence-electron chi connectivity index (χ0n) is 17.4. The molecule has 0 radical (unpaired) electrons. The first kappa shape index (κ1) is 22.1. The van der Waals surface area contributed by atoms with Gasteiger partial charge < -0.3 is 10.1 Å². The summed E-state index contributed by atoms with van der Waals surface area (Å²) in [6.07, 6.45) is 3.47. The topological polar surface area (TPSA) is 56.2 Å². The minimum absolute atomic E-state index is 0.191. The number of aryl methyl sites for hydroxylation is 1. The van der Waals surface area contributed by atoms with Gasteiger partial charge in [0.2, 0.25) is 0 Å². The van der Waals surface area contributed by atoms with E-state index in [0.29, 0.717) is 35.2 Å². The summed E-state index contributed by atoms with van der Waals surface area (Å²) in [5.74, 6) is 0.419. The average Bonchev–Trinajstić information content (AvgIpc) is 3.22. The van der Waals surface area contributed by atoms with Gasteiger partial charge >= 0.3 is 0 Å². The lowest BCUT2D eigenvalue weighted by atomic mass is 10.1. The van der Waals surface area contributed by atoms with Crippen LogP contribution in [0.5, 0.6) is 5.75 Å². The molecular weight excluding hydrogens is 490 g/mol. The lowest BCUT2D eigenvalue weighted by Gasteiger charge is -2.09. The van der Waals surface area contributed by atoms with E-state index in [9.17, 15) is 4.79 Å². The van der Waals surface area contributed by atoms with Crippen LogP contribution in [-0.4, -0.2) is 15.7 Å². The van der Waals surface area contributed by atoms with Crippen LogP contribution in [-0.2, 0) is 13.2 Å². The molecule has 5 nitrogen and oxygen atoms in total. The maximum atomic E-state index is 12.6. The van der Waals surface area contributed by atoms with Gasteiger partial charge in [0.25, 0.3) is 5.91 Å². The van der Waals surface area contributed by atoms with E-state index in [2.05, 4.69) is 57.5 Å². The Morgan fingerprint density at radius 1 is 1.06 bits per heavy atom. The highest BCUT2D eigenvalue weighted by Gasteiger charge is 2.09. The number of hydrogen-bond donors (Lipinski definition) is 1. The Kier molecular flexibility index (Phi) is 6.93. The van der Waals surface area contributed by atoms with Gasteiger partial charge in [0, 0.05) is 16.2 Å². The fraction of sp³-hybridized carbons (Fsp3) is 0.120. The quantitative estimate of drug-likeness (QED) is 0.309. The van der Waals surface area contributed by atoms with E-state index >= 15 is 0 Å². The zero-order valence-corrected chi connectivity index (χ0v) is 19.7. The number of hydrogen-bond acceptors (Lipinski definition) is 3. The lowest BCUT2D eigenvalue weighted by molar-refractivity contribution is 0.102. The van der Waals surface area contributed by atoms with Gasteiger partial charge in [-0.1, -0.05) is 69.5 Å². The van der Waals surface area contributed by atoms with Gasteiger partial charge in [-0.2, -0.15) is 5.10 Å². The smallest absolute Gasteiger partial charge is 0.255 e. The van der Waals surface area contributed by atoms with Crippen LogP contribution < -0.4 is 10.1 Å². The fourth-order valence-corrected chi connectivity index (χ4v) is 3.83. The van der Waals surface area contributed by atoms with Gasteiger partial charge in [-0.05, 0) is 48.4 Å². The lowest BCUT2D eigenvalue weighted by Crippen LogP contribution is -2.11. The molecule has 32 heavy (non-hydrogen) atoms. The van der Waals surface area contributed by atoms with Crippen LogP contribution >= 0.6 is 27.5 Å². The van der Waals surface area contributed by atoms with Gasteiger partial charge in [0.15, 0.2) is 0 Å². The molecule has 1 heterocycles. The number of carbonyl (C=O) groups excluding carboxylic acids is 1. The summed E-state index contributed by atoms with van der Waals surface area (Å²) in [4.78, 5) is 12.6. The summed E-state index contributed by atoms with van der Waals surface area (Å²) < 4.78 is 8.46. The molecule has 0 saturated heterocycles. The van der Waals surface area contributed by atoms with E-state index in [-0.39, 0.29) is 5.91 Å². The first-order valence-electron chi connectivity index (χ1n) is 10.0. The molecule has 0 spiro atoms. The van der Waals surface area contributed by atoms with Crippen LogP contribution in [0.25, 0.3) is 0 Å². The summed E-state index contributed by atoms with van der Waals surface area (Å²) in [6.45, 7) is 3.06. The number of aromatic nitrogens is 2. The summed E-state index contributed by atoms with van der Waals surface area (Å²) in [6, 6.07) is 21.0. The first-order chi connectivity index (χ1) is 15.5. The molecule has 7 heteroatoms. The third kappa shape index (κ3) is 5.78. The van der Waals surface area contributed by atoms with Crippen molar-refractivity contribution in [3.63, 3.8) is 0 Å². The van der Waals surface area contributed by atoms with Crippen LogP contribution in [0.1, 0.15) is 27.0 Å². The minimum atomic E-state index is -0.191. The van der Waals surface area contributed by atoms with Gasteiger partial charge in [-0.25, -0.2) is 0 Å². The molecule has 0 bridgehead atoms. The molecule has 4 aromatic rings. The first-order valence-corrected chi connectivity index (χ1v) is 11.2. The molecule has 0 aliphatic carbocycles. The number of benzene rings is 3. The van der Waals surface area contributed by atoms with Crippen molar-refractivity contribution < 1.29 is 9.53 Å². The molecule has 0 fully saturated rings. The molecule has 1 N–H and O–H groups in total. The van der Waals surface area contributed by atoms with Crippen molar-refractivity contribution >= 4 is 39.1 Å². The van der Waals surface area contributed by atoms with Crippen LogP contribution in [0.2, 0.25) is 5.02 Å². The Labute approximate surface area is 200 Å². The Morgan fingerprint density at radius 2 is 1.78 bits per heavy atom. The van der Waals surface area contributed by atoms with Gasteiger partial charge in [0.1, 0.15) is 12.4 Å². The molecule has 1 amide bonds. The normalized spacial score (nSPS) is 10.7. The number of ether oxygens (including phenoxy) is 1. The number of amides is 1. The summed E-state index contributed by atoms with van der Waals surface area (Å²) >= 11 is 9.55. The van der Waals surface area contributed by atoms with Crippen molar-refractivity contribution in [1.82, 2.24) is 9.78 Å². The number of nitrogens with zero attached hydrogens (tertiary/aromatic N) is 2. The van der Waals surface area contributed by atoms with Crippen molar-refractivity contribution in [3.8, 4) is 5.75 Å². The highest BCUT2D eigenvalue weighted by atomic mass is 79.9. The number of halogens is 2. The average molecular weight is 511 g/mol. The predicted octanol–water partition coefficient (Wildman–Crippen LogP) is 6.49. The molecule has 0 aliphatic rings. The highest BCUT2D eigenvalue weighted by Crippen LogP contribution is 2.28. The second kappa shape index (κ2) is 10.0. The molecule has 3 aromatic carbocycles. The van der Waals surface area contributed by atoms with E-state index < -0.39 is 0 Å². The maximum absolute atomic E-state index is 12.6. The second-order valence-electron chi connectivity index (χ2n) is 7.43. The Hall–Kier alpha value is -3.09. The van der Waals surface area contributed by atoms with Gasteiger partial charge in [0.05, 0.1) is 23.5 Å². The van der Waals surface area contributed by atoms with E-state index in [4.69, 9.17) is 16.3 Å². The highest BCUT2D eigenvalue weighted by molar-refractivity contribution is 9.10. The summed E-state index contributed by atoms with van der Waals surface area (Å²) in [5.41, 5.74) is 4.52. The van der Waals surface area contributed by atoms with Crippen LogP contribution in [0.15, 0.2) is 83.6 Å². The van der Waals surface area contributed by atoms with E-state index in [0.717, 1.165) is 15.6 Å². The van der Waals surface area contributed by atoms with E-state index in [1.54, 1.807) is 29.1 Å². The third-order valence-electron chi connectivity index (χ3n) is 4.86. The Morgan fingerprint density at radius 3 is 2.50 bits per heavy atom. The van der Waals surface area contributed by atoms with Crippen molar-refractivity contribution in [3.05, 3.63) is 111 Å². The summed E-state index contributed by atoms with van der Waals surface area (Å²) in [5, 5.41) is 7.76. The second-order valence-corrected chi connectivity index (χ2v) is 8.75. The van der Waals surface area contributed by atoms with Crippen LogP contribution in [0.3, 0.4) is 0 Å². The number of nitrogens with one attached hydrogen (secondary N) is 1. The molecule has 0 unspecified atom stereocenters.